The second kappa shape index (κ2) is 5.09. The van der Waals surface area contributed by atoms with Crippen molar-refractivity contribution in [2.24, 2.45) is 0 Å². The molecule has 7 heteroatoms. The molecule has 0 saturated heterocycles. The summed E-state index contributed by atoms with van der Waals surface area (Å²) < 4.78 is 23.2. The van der Waals surface area contributed by atoms with Gasteiger partial charge in [-0.05, 0) is 6.42 Å². The molecule has 1 aliphatic heterocycles. The number of fused-ring (bicyclic) bond motifs is 1. The number of nitrogens with zero attached hydrogens (tertiary/aromatic N) is 2. The lowest BCUT2D eigenvalue weighted by Gasteiger charge is -2.26. The highest BCUT2D eigenvalue weighted by atomic mass is 32.2. The van der Waals surface area contributed by atoms with Crippen LogP contribution in [0.1, 0.15) is 24.6 Å². The van der Waals surface area contributed by atoms with Crippen molar-refractivity contribution in [3.05, 3.63) is 17.5 Å². The molecular weight excluding hydrogens is 254 g/mol. The van der Waals surface area contributed by atoms with Crippen LogP contribution in [0.2, 0.25) is 0 Å². The zero-order chi connectivity index (χ0) is 13.2. The molecule has 0 saturated carbocycles. The Morgan fingerprint density at radius 1 is 1.56 bits per heavy atom. The number of aromatic amines is 1. The number of hydrogen-bond donors (Lipinski definition) is 1. The van der Waals surface area contributed by atoms with Gasteiger partial charge in [-0.3, -0.25) is 9.89 Å². The molecule has 0 unspecified atom stereocenters. The first-order valence-electron chi connectivity index (χ1n) is 6.01. The lowest BCUT2D eigenvalue weighted by molar-refractivity contribution is -0.129. The Kier molecular flexibility index (Phi) is 3.70. The van der Waals surface area contributed by atoms with Gasteiger partial charge in [0, 0.05) is 30.8 Å². The van der Waals surface area contributed by atoms with Crippen molar-refractivity contribution in [2.75, 3.05) is 18.1 Å². The number of sulfone groups is 1. The molecule has 2 heterocycles. The van der Waals surface area contributed by atoms with Crippen LogP contribution < -0.4 is 0 Å². The Bertz CT molecular complexity index is 535. The summed E-state index contributed by atoms with van der Waals surface area (Å²) in [5.74, 6) is -0.618. The van der Waals surface area contributed by atoms with Crippen molar-refractivity contribution < 1.29 is 13.2 Å². The molecule has 0 fully saturated rings. The van der Waals surface area contributed by atoms with E-state index in [0.29, 0.717) is 25.9 Å². The van der Waals surface area contributed by atoms with Gasteiger partial charge in [-0.25, -0.2) is 8.42 Å². The number of carbonyl (C=O) groups excluding carboxylic acids is 1. The van der Waals surface area contributed by atoms with Crippen LogP contribution in [0.25, 0.3) is 0 Å². The van der Waals surface area contributed by atoms with Gasteiger partial charge in [0.15, 0.2) is 9.84 Å². The minimum absolute atomic E-state index is 0.0730. The summed E-state index contributed by atoms with van der Waals surface area (Å²) in [6.45, 7) is 2.79. The van der Waals surface area contributed by atoms with E-state index in [1.165, 1.54) is 0 Å². The summed E-state index contributed by atoms with van der Waals surface area (Å²) in [4.78, 5) is 13.5. The molecule has 0 spiro atoms. The number of nitrogens with one attached hydrogen (secondary N) is 1. The Balaban J connectivity index is 2.00. The highest BCUT2D eigenvalue weighted by molar-refractivity contribution is 7.92. The molecule has 0 radical (unpaired) electrons. The van der Waals surface area contributed by atoms with Crippen molar-refractivity contribution in [2.45, 2.75) is 26.3 Å². The van der Waals surface area contributed by atoms with Gasteiger partial charge in [0.1, 0.15) is 5.75 Å². The largest absolute Gasteiger partial charge is 0.337 e. The smallest absolute Gasteiger partial charge is 0.238 e. The highest BCUT2D eigenvalue weighted by Gasteiger charge is 2.25. The van der Waals surface area contributed by atoms with Crippen LogP contribution in [0.3, 0.4) is 0 Å². The molecule has 18 heavy (non-hydrogen) atoms. The minimum atomic E-state index is -3.26. The van der Waals surface area contributed by atoms with Crippen LogP contribution in [0, 0.1) is 0 Å². The minimum Gasteiger partial charge on any atom is -0.337 e. The highest BCUT2D eigenvalue weighted by Crippen LogP contribution is 2.16. The molecule has 1 amide bonds. The zero-order valence-corrected chi connectivity index (χ0v) is 11.2. The first-order valence-corrected chi connectivity index (χ1v) is 7.83. The predicted octanol–water partition coefficient (Wildman–Crippen LogP) is 0.119. The Morgan fingerprint density at radius 2 is 2.33 bits per heavy atom. The van der Waals surface area contributed by atoms with Crippen LogP contribution in [0.4, 0.5) is 0 Å². The zero-order valence-electron chi connectivity index (χ0n) is 10.3. The summed E-state index contributed by atoms with van der Waals surface area (Å²) in [5.41, 5.74) is 2.01. The van der Waals surface area contributed by atoms with Crippen LogP contribution >= 0.6 is 0 Å². The van der Waals surface area contributed by atoms with Gasteiger partial charge in [0.25, 0.3) is 0 Å². The van der Waals surface area contributed by atoms with Crippen LogP contribution in [0.5, 0.6) is 0 Å². The number of amides is 1. The average Bonchev–Trinajstić information content (AvgIpc) is 2.74. The van der Waals surface area contributed by atoms with Gasteiger partial charge in [-0.15, -0.1) is 0 Å². The van der Waals surface area contributed by atoms with E-state index in [4.69, 9.17) is 0 Å². The Morgan fingerprint density at radius 3 is 3.06 bits per heavy atom. The lowest BCUT2D eigenvalue weighted by atomic mass is 10.1. The quantitative estimate of drug-likeness (QED) is 0.843. The van der Waals surface area contributed by atoms with E-state index in [1.807, 2.05) is 0 Å². The summed E-state index contributed by atoms with van der Waals surface area (Å²) >= 11 is 0. The van der Waals surface area contributed by atoms with Gasteiger partial charge in [-0.1, -0.05) is 6.92 Å². The molecule has 1 aromatic heterocycles. The maximum Gasteiger partial charge on any atom is 0.238 e. The van der Waals surface area contributed by atoms with Gasteiger partial charge >= 0.3 is 0 Å². The van der Waals surface area contributed by atoms with E-state index in [9.17, 15) is 13.2 Å². The maximum absolute atomic E-state index is 11.9. The summed E-state index contributed by atoms with van der Waals surface area (Å²) in [7, 11) is -3.26. The van der Waals surface area contributed by atoms with Crippen LogP contribution in [-0.4, -0.2) is 47.5 Å². The number of hydrogen-bond acceptors (Lipinski definition) is 4. The van der Waals surface area contributed by atoms with Crippen molar-refractivity contribution in [3.8, 4) is 0 Å². The van der Waals surface area contributed by atoms with Gasteiger partial charge < -0.3 is 4.90 Å². The van der Waals surface area contributed by atoms with E-state index in [2.05, 4.69) is 10.2 Å². The van der Waals surface area contributed by atoms with Crippen LogP contribution in [-0.2, 0) is 27.6 Å². The molecule has 0 aliphatic carbocycles. The third-order valence-corrected chi connectivity index (χ3v) is 4.73. The van der Waals surface area contributed by atoms with Crippen molar-refractivity contribution >= 4 is 15.7 Å². The van der Waals surface area contributed by atoms with Crippen LogP contribution in [0.15, 0.2) is 6.20 Å². The van der Waals surface area contributed by atoms with E-state index in [1.54, 1.807) is 18.0 Å². The first kappa shape index (κ1) is 13.1. The SMILES string of the molecule is CCCS(=O)(=O)CC(=O)N1CCc2[nH]ncc2C1. The molecule has 1 N–H and O–H groups in total. The predicted molar refractivity (Wildman–Crippen MR) is 66.7 cm³/mol. The Hall–Kier alpha value is -1.37. The van der Waals surface area contributed by atoms with Gasteiger partial charge in [-0.2, -0.15) is 5.10 Å². The molecule has 6 nitrogen and oxygen atoms in total. The second-order valence-corrected chi connectivity index (χ2v) is 6.72. The van der Waals surface area contributed by atoms with E-state index in [0.717, 1.165) is 11.3 Å². The van der Waals surface area contributed by atoms with Crippen molar-refractivity contribution in [3.63, 3.8) is 0 Å². The number of rotatable bonds is 4. The first-order chi connectivity index (χ1) is 8.52. The van der Waals surface area contributed by atoms with E-state index >= 15 is 0 Å². The monoisotopic (exact) mass is 271 g/mol. The fourth-order valence-corrected chi connectivity index (χ4v) is 3.42. The molecule has 0 aromatic carbocycles. The molecule has 0 bridgehead atoms. The average molecular weight is 271 g/mol. The fourth-order valence-electron chi connectivity index (χ4n) is 2.10. The normalized spacial score (nSPS) is 15.5. The lowest BCUT2D eigenvalue weighted by Crippen LogP contribution is -2.39. The van der Waals surface area contributed by atoms with E-state index < -0.39 is 9.84 Å². The number of carbonyl (C=O) groups is 1. The van der Waals surface area contributed by atoms with Crippen molar-refractivity contribution in [1.29, 1.82) is 0 Å². The third-order valence-electron chi connectivity index (χ3n) is 3.01. The van der Waals surface area contributed by atoms with Crippen molar-refractivity contribution in [1.82, 2.24) is 15.1 Å². The topological polar surface area (TPSA) is 83.1 Å². The summed E-state index contributed by atoms with van der Waals surface area (Å²) in [6, 6.07) is 0. The van der Waals surface area contributed by atoms with E-state index in [-0.39, 0.29) is 17.4 Å². The maximum atomic E-state index is 11.9. The molecule has 1 aromatic rings. The third kappa shape index (κ3) is 2.90. The summed E-state index contributed by atoms with van der Waals surface area (Å²) in [6.07, 6.45) is 2.94. The summed E-state index contributed by atoms with van der Waals surface area (Å²) in [5, 5.41) is 6.80. The number of H-pyrrole nitrogens is 1. The second-order valence-electron chi connectivity index (χ2n) is 4.53. The molecule has 0 atom stereocenters. The molecule has 2 rings (SSSR count). The Labute approximate surface area is 106 Å². The molecule has 100 valence electrons. The fraction of sp³-hybridized carbons (Fsp3) is 0.636. The standard InChI is InChI=1S/C11H17N3O3S/c1-2-5-18(16,17)8-11(15)14-4-3-10-9(7-14)6-12-13-10/h6H,2-5,7-8H2,1H3,(H,12,13). The number of aromatic nitrogens is 2. The molecular formula is C11H17N3O3S. The van der Waals surface area contributed by atoms with Gasteiger partial charge in [0.2, 0.25) is 5.91 Å². The van der Waals surface area contributed by atoms with Gasteiger partial charge in [0.05, 0.1) is 11.9 Å². The molecule has 1 aliphatic rings.